The summed E-state index contributed by atoms with van der Waals surface area (Å²) in [5.74, 6) is -0.00930. The van der Waals surface area contributed by atoms with Gasteiger partial charge >= 0.3 is 0 Å². The van der Waals surface area contributed by atoms with E-state index in [0.29, 0.717) is 18.5 Å². The Morgan fingerprint density at radius 1 is 1.00 bits per heavy atom. The van der Waals surface area contributed by atoms with Crippen molar-refractivity contribution < 1.29 is 14.3 Å². The van der Waals surface area contributed by atoms with Gasteiger partial charge in [0.25, 0.3) is 0 Å². The van der Waals surface area contributed by atoms with E-state index in [1.807, 2.05) is 53.4 Å². The van der Waals surface area contributed by atoms with Gasteiger partial charge < -0.3 is 10.0 Å². The van der Waals surface area contributed by atoms with E-state index in [-0.39, 0.29) is 36.3 Å². The Labute approximate surface area is 199 Å². The maximum absolute atomic E-state index is 14.2. The third-order valence-corrected chi connectivity index (χ3v) is 7.26. The third kappa shape index (κ3) is 4.48. The van der Waals surface area contributed by atoms with Crippen molar-refractivity contribution in [2.24, 2.45) is 0 Å². The predicted octanol–water partition coefficient (Wildman–Crippen LogP) is 3.88. The van der Waals surface area contributed by atoms with Crippen molar-refractivity contribution in [1.29, 1.82) is 0 Å². The lowest BCUT2D eigenvalue weighted by Gasteiger charge is -2.57. The average Bonchev–Trinajstić information content (AvgIpc) is 2.84. The van der Waals surface area contributed by atoms with Gasteiger partial charge in [0.15, 0.2) is 0 Å². The quantitative estimate of drug-likeness (QED) is 0.629. The third-order valence-electron chi connectivity index (χ3n) is 7.26. The summed E-state index contributed by atoms with van der Waals surface area (Å²) in [4.78, 5) is 21.8. The van der Waals surface area contributed by atoms with Crippen LogP contribution in [0.2, 0.25) is 0 Å². The topological polar surface area (TPSA) is 56.7 Å². The fourth-order valence-electron chi connectivity index (χ4n) is 5.52. The number of fused-ring (bicyclic) bond motifs is 1. The van der Waals surface area contributed by atoms with Crippen LogP contribution < -0.4 is 0 Å². The van der Waals surface area contributed by atoms with Gasteiger partial charge in [-0.3, -0.25) is 14.7 Å². The summed E-state index contributed by atoms with van der Waals surface area (Å²) in [6.45, 7) is 2.40. The number of aliphatic hydroxyl groups excluding tert-OH is 1. The SMILES string of the molecule is O=C(Cc1ccccn1)N1CCCCN2[C@H](CO)[C@H](c3ccc(-c4ccccc4F)cc3)[C@H]2C1. The second-order valence-corrected chi connectivity index (χ2v) is 9.23. The number of pyridine rings is 1. The summed E-state index contributed by atoms with van der Waals surface area (Å²) < 4.78 is 14.2. The fraction of sp³-hybridized carbons (Fsp3) is 0.357. The molecule has 1 aromatic heterocycles. The van der Waals surface area contributed by atoms with E-state index in [2.05, 4.69) is 9.88 Å². The van der Waals surface area contributed by atoms with Crippen LogP contribution in [0, 0.1) is 5.82 Å². The van der Waals surface area contributed by atoms with Gasteiger partial charge in [-0.25, -0.2) is 4.39 Å². The number of halogens is 1. The molecule has 0 spiro atoms. The molecule has 2 fully saturated rings. The van der Waals surface area contributed by atoms with Crippen molar-refractivity contribution in [2.75, 3.05) is 26.2 Å². The van der Waals surface area contributed by atoms with Gasteiger partial charge in [-0.2, -0.15) is 0 Å². The van der Waals surface area contributed by atoms with E-state index < -0.39 is 0 Å². The number of carbonyl (C=O) groups is 1. The van der Waals surface area contributed by atoms with Crippen molar-refractivity contribution in [3.8, 4) is 11.1 Å². The van der Waals surface area contributed by atoms with E-state index in [9.17, 15) is 14.3 Å². The number of carbonyl (C=O) groups excluding carboxylic acids is 1. The first-order valence-corrected chi connectivity index (χ1v) is 12.0. The molecule has 3 atom stereocenters. The first-order chi connectivity index (χ1) is 16.7. The molecule has 3 heterocycles. The molecule has 0 saturated carbocycles. The smallest absolute Gasteiger partial charge is 0.228 e. The number of benzene rings is 2. The highest BCUT2D eigenvalue weighted by atomic mass is 19.1. The Hall–Kier alpha value is -3.09. The standard InChI is InChI=1S/C28H30FN3O2/c29-24-9-2-1-8-23(24)20-10-12-21(13-11-20)28-25-18-31(15-5-6-16-32(25)26(28)19-33)27(34)17-22-7-3-4-14-30-22/h1-4,7-14,25-26,28,33H,5-6,15-19H2/t25-,26-,28-/m1/s1. The van der Waals surface area contributed by atoms with Gasteiger partial charge in [0.2, 0.25) is 5.91 Å². The number of aromatic nitrogens is 1. The van der Waals surface area contributed by atoms with E-state index in [4.69, 9.17) is 0 Å². The van der Waals surface area contributed by atoms with Gasteiger partial charge in [-0.05, 0) is 48.7 Å². The number of aliphatic hydroxyl groups is 1. The molecule has 176 valence electrons. The number of rotatable bonds is 5. The first-order valence-electron chi connectivity index (χ1n) is 12.0. The molecule has 2 aliphatic heterocycles. The number of nitrogens with zero attached hydrogens (tertiary/aromatic N) is 3. The molecule has 2 saturated heterocycles. The molecule has 5 nitrogen and oxygen atoms in total. The van der Waals surface area contributed by atoms with E-state index in [0.717, 1.165) is 42.8 Å². The van der Waals surface area contributed by atoms with Crippen LogP contribution in [-0.4, -0.2) is 64.1 Å². The lowest BCUT2D eigenvalue weighted by molar-refractivity contribution is -0.135. The van der Waals surface area contributed by atoms with Crippen molar-refractivity contribution in [2.45, 2.75) is 37.3 Å². The molecule has 6 heteroatoms. The van der Waals surface area contributed by atoms with Gasteiger partial charge in [-0.15, -0.1) is 0 Å². The van der Waals surface area contributed by atoms with Crippen LogP contribution in [0.1, 0.15) is 30.0 Å². The minimum absolute atomic E-state index is 0.0372. The average molecular weight is 460 g/mol. The molecule has 0 bridgehead atoms. The highest BCUT2D eigenvalue weighted by Gasteiger charge is 2.49. The lowest BCUT2D eigenvalue weighted by atomic mass is 9.74. The predicted molar refractivity (Wildman–Crippen MR) is 130 cm³/mol. The Balaban J connectivity index is 1.36. The molecule has 1 N–H and O–H groups in total. The fourth-order valence-corrected chi connectivity index (χ4v) is 5.52. The minimum Gasteiger partial charge on any atom is -0.395 e. The Morgan fingerprint density at radius 3 is 2.50 bits per heavy atom. The van der Waals surface area contributed by atoms with Crippen LogP contribution in [0.5, 0.6) is 0 Å². The molecule has 2 aliphatic rings. The van der Waals surface area contributed by atoms with Crippen molar-refractivity contribution in [1.82, 2.24) is 14.8 Å². The molecular formula is C28H30FN3O2. The highest BCUT2D eigenvalue weighted by molar-refractivity contribution is 5.78. The number of amides is 1. The van der Waals surface area contributed by atoms with Crippen LogP contribution in [-0.2, 0) is 11.2 Å². The van der Waals surface area contributed by atoms with Gasteiger partial charge in [0.05, 0.1) is 13.0 Å². The molecular weight excluding hydrogens is 429 g/mol. The summed E-state index contributed by atoms with van der Waals surface area (Å²) in [6.07, 6.45) is 3.98. The zero-order valence-corrected chi connectivity index (χ0v) is 19.2. The van der Waals surface area contributed by atoms with E-state index >= 15 is 0 Å². The summed E-state index contributed by atoms with van der Waals surface area (Å²) in [5.41, 5.74) is 3.33. The van der Waals surface area contributed by atoms with Crippen LogP contribution >= 0.6 is 0 Å². The summed E-state index contributed by atoms with van der Waals surface area (Å²) in [6, 6.07) is 20.6. The minimum atomic E-state index is -0.236. The normalized spacial score (nSPS) is 22.9. The van der Waals surface area contributed by atoms with Crippen LogP contribution in [0.4, 0.5) is 4.39 Å². The molecule has 0 aliphatic carbocycles. The van der Waals surface area contributed by atoms with E-state index in [1.54, 1.807) is 18.3 Å². The summed E-state index contributed by atoms with van der Waals surface area (Å²) >= 11 is 0. The molecule has 3 aromatic rings. The van der Waals surface area contributed by atoms with Gasteiger partial charge in [0, 0.05) is 48.5 Å². The largest absolute Gasteiger partial charge is 0.395 e. The number of hydrogen-bond donors (Lipinski definition) is 1. The van der Waals surface area contributed by atoms with Crippen LogP contribution in [0.3, 0.4) is 0 Å². The monoisotopic (exact) mass is 459 g/mol. The molecule has 2 aromatic carbocycles. The second-order valence-electron chi connectivity index (χ2n) is 9.23. The molecule has 0 radical (unpaired) electrons. The Bertz CT molecular complexity index is 1120. The Morgan fingerprint density at radius 2 is 1.76 bits per heavy atom. The van der Waals surface area contributed by atoms with Gasteiger partial charge in [0.1, 0.15) is 5.82 Å². The van der Waals surface area contributed by atoms with Crippen molar-refractivity contribution in [3.05, 3.63) is 90.0 Å². The maximum Gasteiger partial charge on any atom is 0.228 e. The second kappa shape index (κ2) is 10.0. The molecule has 5 rings (SSSR count). The zero-order valence-electron chi connectivity index (χ0n) is 19.2. The van der Waals surface area contributed by atoms with Crippen molar-refractivity contribution >= 4 is 5.91 Å². The van der Waals surface area contributed by atoms with Gasteiger partial charge in [-0.1, -0.05) is 48.5 Å². The summed E-state index contributed by atoms with van der Waals surface area (Å²) in [5, 5.41) is 10.2. The van der Waals surface area contributed by atoms with Crippen LogP contribution in [0.25, 0.3) is 11.1 Å². The highest BCUT2D eigenvalue weighted by Crippen LogP contribution is 2.42. The van der Waals surface area contributed by atoms with Crippen LogP contribution in [0.15, 0.2) is 72.9 Å². The summed E-state index contributed by atoms with van der Waals surface area (Å²) in [7, 11) is 0. The lowest BCUT2D eigenvalue weighted by Crippen LogP contribution is -2.68. The number of hydrogen-bond acceptors (Lipinski definition) is 4. The molecule has 34 heavy (non-hydrogen) atoms. The Kier molecular flexibility index (Phi) is 6.70. The van der Waals surface area contributed by atoms with Crippen molar-refractivity contribution in [3.63, 3.8) is 0 Å². The molecule has 1 amide bonds. The first kappa shape index (κ1) is 22.7. The maximum atomic E-state index is 14.2. The zero-order chi connectivity index (χ0) is 23.5. The molecule has 0 unspecified atom stereocenters. The van der Waals surface area contributed by atoms with E-state index in [1.165, 1.54) is 6.07 Å².